The molecule has 1 aromatic carbocycles. The third-order valence-corrected chi connectivity index (χ3v) is 4.19. The number of amides is 1. The molecule has 1 aromatic heterocycles. The van der Waals surface area contributed by atoms with E-state index in [0.29, 0.717) is 35.7 Å². The van der Waals surface area contributed by atoms with E-state index < -0.39 is 0 Å². The molecule has 2 N–H and O–H groups in total. The number of aryl methyl sites for hydroxylation is 1. The van der Waals surface area contributed by atoms with Gasteiger partial charge < -0.3 is 19.9 Å². The number of aromatic amines is 1. The molecule has 0 unspecified atom stereocenters. The van der Waals surface area contributed by atoms with Crippen LogP contribution in [0, 0.1) is 6.92 Å². The van der Waals surface area contributed by atoms with Gasteiger partial charge in [-0.2, -0.15) is 0 Å². The maximum absolute atomic E-state index is 12.7. The smallest absolute Gasteiger partial charge is 0.256 e. The number of aliphatic hydroxyl groups excluding tert-OH is 1. The number of carbonyl (C=O) groups excluding carboxylic acids is 1. The fourth-order valence-electron chi connectivity index (χ4n) is 2.85. The lowest BCUT2D eigenvalue weighted by molar-refractivity contribution is 0.0750. The van der Waals surface area contributed by atoms with Crippen LogP contribution < -0.4 is 10.5 Å². The number of rotatable bonds is 4. The summed E-state index contributed by atoms with van der Waals surface area (Å²) in [6.45, 7) is 2.97. The van der Waals surface area contributed by atoms with Gasteiger partial charge in [0.15, 0.2) is 0 Å². The fraction of sp³-hybridized carbons (Fsp3) is 0.353. The van der Waals surface area contributed by atoms with E-state index in [2.05, 4.69) is 9.97 Å². The summed E-state index contributed by atoms with van der Waals surface area (Å²) >= 11 is 0. The molecule has 0 bridgehead atoms. The van der Waals surface area contributed by atoms with Crippen molar-refractivity contribution >= 4 is 11.6 Å². The Hall–Kier alpha value is -2.67. The van der Waals surface area contributed by atoms with Crippen molar-refractivity contribution in [3.05, 3.63) is 57.3 Å². The third kappa shape index (κ3) is 3.03. The Morgan fingerprint density at radius 2 is 2.04 bits per heavy atom. The highest BCUT2D eigenvalue weighted by atomic mass is 16.3. The van der Waals surface area contributed by atoms with Crippen LogP contribution in [0.2, 0.25) is 0 Å². The van der Waals surface area contributed by atoms with Gasteiger partial charge in [0.25, 0.3) is 11.5 Å². The zero-order chi connectivity index (χ0) is 17.3. The Bertz CT molecular complexity index is 814. The first kappa shape index (κ1) is 16.2. The van der Waals surface area contributed by atoms with Gasteiger partial charge in [-0.25, -0.2) is 4.98 Å². The van der Waals surface area contributed by atoms with Gasteiger partial charge in [-0.05, 0) is 31.2 Å². The number of aliphatic hydroxyl groups is 1. The van der Waals surface area contributed by atoms with Crippen LogP contribution in [0.5, 0.6) is 0 Å². The van der Waals surface area contributed by atoms with Crippen LogP contribution in [0.3, 0.4) is 0 Å². The van der Waals surface area contributed by atoms with Gasteiger partial charge in [0.1, 0.15) is 5.82 Å². The molecule has 2 aromatic rings. The highest BCUT2D eigenvalue weighted by Crippen LogP contribution is 2.21. The summed E-state index contributed by atoms with van der Waals surface area (Å²) in [5, 5.41) is 8.98. The Labute approximate surface area is 139 Å². The number of hydrogen-bond acceptors (Lipinski definition) is 5. The lowest BCUT2D eigenvalue weighted by atomic mass is 10.1. The van der Waals surface area contributed by atoms with E-state index >= 15 is 0 Å². The van der Waals surface area contributed by atoms with Crippen molar-refractivity contribution in [3.63, 3.8) is 0 Å². The first-order chi connectivity index (χ1) is 11.5. The van der Waals surface area contributed by atoms with Gasteiger partial charge in [-0.3, -0.25) is 9.59 Å². The Kier molecular flexibility index (Phi) is 4.35. The SMILES string of the molecule is Cc1nc2c(c(=O)[nH]1)CN(C(=O)c1ccc(N(C)CCO)cc1)C2. The van der Waals surface area contributed by atoms with Gasteiger partial charge in [0, 0.05) is 24.8 Å². The van der Waals surface area contributed by atoms with E-state index in [0.717, 1.165) is 5.69 Å². The van der Waals surface area contributed by atoms with Gasteiger partial charge in [0.05, 0.1) is 31.0 Å². The van der Waals surface area contributed by atoms with E-state index in [9.17, 15) is 9.59 Å². The molecule has 0 saturated heterocycles. The maximum Gasteiger partial charge on any atom is 0.256 e. The molecule has 0 atom stereocenters. The van der Waals surface area contributed by atoms with Gasteiger partial charge >= 0.3 is 0 Å². The van der Waals surface area contributed by atoms with Crippen molar-refractivity contribution in [2.45, 2.75) is 20.0 Å². The second kappa shape index (κ2) is 6.45. The predicted molar refractivity (Wildman–Crippen MR) is 90.0 cm³/mol. The molecule has 2 heterocycles. The largest absolute Gasteiger partial charge is 0.395 e. The standard InChI is InChI=1S/C17H20N4O3/c1-11-18-15-10-21(9-14(15)16(23)19-11)17(24)12-3-5-13(6-4-12)20(2)7-8-22/h3-6,22H,7-10H2,1-2H3,(H,18,19,23). The number of fused-ring (bicyclic) bond motifs is 1. The van der Waals surface area contributed by atoms with Gasteiger partial charge in [-0.1, -0.05) is 0 Å². The van der Waals surface area contributed by atoms with E-state index in [1.165, 1.54) is 0 Å². The summed E-state index contributed by atoms with van der Waals surface area (Å²) in [5.74, 6) is 0.436. The molecule has 1 amide bonds. The molecule has 0 aliphatic carbocycles. The number of anilines is 1. The lowest BCUT2D eigenvalue weighted by Crippen LogP contribution is -2.26. The summed E-state index contributed by atoms with van der Waals surface area (Å²) in [6, 6.07) is 7.22. The van der Waals surface area contributed by atoms with Crippen LogP contribution in [-0.2, 0) is 13.1 Å². The second-order valence-electron chi connectivity index (χ2n) is 5.93. The number of hydrogen-bond donors (Lipinski definition) is 2. The van der Waals surface area contributed by atoms with E-state index in [-0.39, 0.29) is 24.6 Å². The minimum Gasteiger partial charge on any atom is -0.395 e. The minimum absolute atomic E-state index is 0.0736. The minimum atomic E-state index is -0.172. The molecule has 0 radical (unpaired) electrons. The summed E-state index contributed by atoms with van der Waals surface area (Å²) < 4.78 is 0. The summed E-state index contributed by atoms with van der Waals surface area (Å²) in [6.07, 6.45) is 0. The monoisotopic (exact) mass is 328 g/mol. The number of H-pyrrole nitrogens is 1. The number of likely N-dealkylation sites (N-methyl/N-ethyl adjacent to an activating group) is 1. The number of nitrogens with one attached hydrogen (secondary N) is 1. The molecule has 0 fully saturated rings. The quantitative estimate of drug-likeness (QED) is 0.861. The van der Waals surface area contributed by atoms with Crippen LogP contribution in [0.1, 0.15) is 27.4 Å². The number of nitrogens with zero attached hydrogens (tertiary/aromatic N) is 3. The molecule has 0 spiro atoms. The van der Waals surface area contributed by atoms with Crippen molar-refractivity contribution in [1.29, 1.82) is 0 Å². The Morgan fingerprint density at radius 3 is 2.71 bits per heavy atom. The third-order valence-electron chi connectivity index (χ3n) is 4.19. The van der Waals surface area contributed by atoms with Crippen LogP contribution in [-0.4, -0.2) is 46.1 Å². The molecule has 7 nitrogen and oxygen atoms in total. The highest BCUT2D eigenvalue weighted by molar-refractivity contribution is 5.94. The fourth-order valence-corrected chi connectivity index (χ4v) is 2.85. The van der Waals surface area contributed by atoms with Crippen molar-refractivity contribution in [2.75, 3.05) is 25.1 Å². The average Bonchev–Trinajstić information content (AvgIpc) is 2.99. The van der Waals surface area contributed by atoms with Crippen molar-refractivity contribution in [3.8, 4) is 0 Å². The first-order valence-electron chi connectivity index (χ1n) is 7.79. The normalized spacial score (nSPS) is 13.0. The molecule has 0 saturated carbocycles. The maximum atomic E-state index is 12.7. The summed E-state index contributed by atoms with van der Waals surface area (Å²) in [4.78, 5) is 35.1. The average molecular weight is 328 g/mol. The number of aromatic nitrogens is 2. The first-order valence-corrected chi connectivity index (χ1v) is 7.79. The highest BCUT2D eigenvalue weighted by Gasteiger charge is 2.27. The van der Waals surface area contributed by atoms with Crippen LogP contribution in [0.25, 0.3) is 0 Å². The van der Waals surface area contributed by atoms with E-state index in [1.807, 2.05) is 24.1 Å². The summed E-state index contributed by atoms with van der Waals surface area (Å²) in [5.41, 5.74) is 2.56. The lowest BCUT2D eigenvalue weighted by Gasteiger charge is -2.19. The van der Waals surface area contributed by atoms with Crippen molar-refractivity contribution in [2.24, 2.45) is 0 Å². The Morgan fingerprint density at radius 1 is 1.33 bits per heavy atom. The van der Waals surface area contributed by atoms with Crippen LogP contribution in [0.4, 0.5) is 5.69 Å². The van der Waals surface area contributed by atoms with E-state index in [1.54, 1.807) is 24.0 Å². The molecule has 3 rings (SSSR count). The zero-order valence-corrected chi connectivity index (χ0v) is 13.7. The number of benzene rings is 1. The molecule has 1 aliphatic rings. The topological polar surface area (TPSA) is 89.5 Å². The van der Waals surface area contributed by atoms with Crippen LogP contribution >= 0.6 is 0 Å². The number of carbonyl (C=O) groups is 1. The zero-order valence-electron chi connectivity index (χ0n) is 13.7. The Balaban J connectivity index is 1.76. The molecular weight excluding hydrogens is 308 g/mol. The molecule has 24 heavy (non-hydrogen) atoms. The molecule has 126 valence electrons. The van der Waals surface area contributed by atoms with E-state index in [4.69, 9.17) is 5.11 Å². The van der Waals surface area contributed by atoms with Crippen molar-refractivity contribution < 1.29 is 9.90 Å². The van der Waals surface area contributed by atoms with Crippen LogP contribution in [0.15, 0.2) is 29.1 Å². The van der Waals surface area contributed by atoms with Crippen molar-refractivity contribution in [1.82, 2.24) is 14.9 Å². The summed E-state index contributed by atoms with van der Waals surface area (Å²) in [7, 11) is 1.88. The molecular formula is C17H20N4O3. The van der Waals surface area contributed by atoms with Gasteiger partial charge in [0.2, 0.25) is 0 Å². The van der Waals surface area contributed by atoms with Gasteiger partial charge in [-0.15, -0.1) is 0 Å². The predicted octanol–water partition coefficient (Wildman–Crippen LogP) is 0.663. The second-order valence-corrected chi connectivity index (χ2v) is 5.93. The molecule has 7 heteroatoms. The molecule has 1 aliphatic heterocycles.